The zero-order valence-electron chi connectivity index (χ0n) is 28.5. The van der Waals surface area contributed by atoms with Crippen molar-refractivity contribution in [2.24, 2.45) is 0 Å². The van der Waals surface area contributed by atoms with Gasteiger partial charge in [-0.1, -0.05) is 133 Å². The third-order valence-electron chi connectivity index (χ3n) is 9.99. The van der Waals surface area contributed by atoms with Crippen molar-refractivity contribution in [3.8, 4) is 0 Å². The molecule has 3 heteroatoms. The van der Waals surface area contributed by atoms with Crippen LogP contribution in [0.5, 0.6) is 0 Å². The third-order valence-corrected chi connectivity index (χ3v) is 18.7. The molecule has 8 rings (SSSR count). The van der Waals surface area contributed by atoms with E-state index < -0.39 is 14.5 Å². The van der Waals surface area contributed by atoms with Gasteiger partial charge in [0.25, 0.3) is 0 Å². The van der Waals surface area contributed by atoms with Crippen LogP contribution in [0.25, 0.3) is 10.8 Å². The van der Waals surface area contributed by atoms with E-state index in [1.54, 1.807) is 0 Å². The summed E-state index contributed by atoms with van der Waals surface area (Å²) in [4.78, 5) is 0. The maximum atomic E-state index is 2.44. The van der Waals surface area contributed by atoms with E-state index in [0.717, 1.165) is 12.3 Å². The summed E-state index contributed by atoms with van der Waals surface area (Å²) < 4.78 is 0. The van der Waals surface area contributed by atoms with Crippen molar-refractivity contribution in [1.29, 1.82) is 0 Å². The van der Waals surface area contributed by atoms with Gasteiger partial charge >= 0.3 is 0 Å². The van der Waals surface area contributed by atoms with E-state index in [1.807, 2.05) is 0 Å². The van der Waals surface area contributed by atoms with Crippen molar-refractivity contribution in [3.63, 3.8) is 0 Å². The molecule has 0 fully saturated rings. The molecule has 0 aromatic heterocycles. The normalized spacial score (nSPS) is 11.5. The molecule has 51 heavy (non-hydrogen) atoms. The fourth-order valence-corrected chi connectivity index (χ4v) is 16.1. The smallest absolute Gasteiger partial charge is 0.116 e. The number of halogens is 1. The number of fused-ring (bicyclic) bond motifs is 1. The van der Waals surface area contributed by atoms with E-state index in [4.69, 9.17) is 0 Å². The Hall–Kier alpha value is -4.64. The molecule has 0 aliphatic carbocycles. The molecule has 0 saturated heterocycles. The lowest BCUT2D eigenvalue weighted by atomic mass is 10.1. The molecular weight excluding hydrogens is 718 g/mol. The van der Waals surface area contributed by atoms with Crippen LogP contribution in [0.3, 0.4) is 0 Å². The molecule has 0 atom stereocenters. The zero-order chi connectivity index (χ0) is 33.6. The molecule has 0 nitrogen and oxygen atoms in total. The van der Waals surface area contributed by atoms with Crippen LogP contribution < -0.4 is 48.8 Å². The molecule has 248 valence electrons. The van der Waals surface area contributed by atoms with Gasteiger partial charge in [-0.15, -0.1) is 0 Å². The molecule has 0 unspecified atom stereocenters. The Morgan fingerprint density at radius 3 is 0.686 bits per heavy atom. The topological polar surface area (TPSA) is 0 Å². The Morgan fingerprint density at radius 1 is 0.255 bits per heavy atom. The minimum Gasteiger partial charge on any atom is -1.00 e. The lowest BCUT2D eigenvalue weighted by molar-refractivity contribution is -0.00000953. The highest BCUT2D eigenvalue weighted by Crippen LogP contribution is 2.59. The molecule has 8 aromatic carbocycles. The summed E-state index contributed by atoms with van der Waals surface area (Å²) >= 11 is 0. The lowest BCUT2D eigenvalue weighted by Gasteiger charge is -2.28. The summed E-state index contributed by atoms with van der Waals surface area (Å²) in [6.07, 6.45) is 1.93. The van der Waals surface area contributed by atoms with Gasteiger partial charge in [-0.05, 0) is 107 Å². The summed E-state index contributed by atoms with van der Waals surface area (Å²) in [5.41, 5.74) is 2.74. The molecule has 0 N–H and O–H groups in total. The molecule has 8 aromatic rings. The Morgan fingerprint density at radius 2 is 0.471 bits per heavy atom. The molecular formula is C48H40BrP2+. The van der Waals surface area contributed by atoms with Crippen LogP contribution in [0.1, 0.15) is 11.1 Å². The highest BCUT2D eigenvalue weighted by molar-refractivity contribution is 7.95. The van der Waals surface area contributed by atoms with Gasteiger partial charge < -0.3 is 17.0 Å². The average molecular weight is 759 g/mol. The number of rotatable bonds is 10. The molecule has 0 saturated carbocycles. The first kappa shape index (κ1) is 34.8. The summed E-state index contributed by atoms with van der Waals surface area (Å²) in [5, 5.41) is 11.1. The van der Waals surface area contributed by atoms with E-state index in [-0.39, 0.29) is 17.0 Å². The van der Waals surface area contributed by atoms with E-state index in [0.29, 0.717) is 0 Å². The number of benzene rings is 8. The minimum absolute atomic E-state index is 0. The monoisotopic (exact) mass is 757 g/mol. The average Bonchev–Trinajstić information content (AvgIpc) is 3.21. The van der Waals surface area contributed by atoms with Crippen LogP contribution in [0, 0.1) is 0 Å². The quantitative estimate of drug-likeness (QED) is 0.134. The summed E-state index contributed by atoms with van der Waals surface area (Å²) in [6.45, 7) is 0. The minimum atomic E-state index is -1.99. The van der Waals surface area contributed by atoms with Gasteiger partial charge in [-0.25, -0.2) is 0 Å². The first-order valence-corrected chi connectivity index (χ1v) is 21.3. The van der Waals surface area contributed by atoms with E-state index in [9.17, 15) is 0 Å². The van der Waals surface area contributed by atoms with Crippen LogP contribution >= 0.6 is 14.5 Å². The molecule has 0 bridgehead atoms. The second kappa shape index (κ2) is 15.7. The van der Waals surface area contributed by atoms with E-state index in [2.05, 4.69) is 218 Å². The van der Waals surface area contributed by atoms with E-state index >= 15 is 0 Å². The Kier molecular flexibility index (Phi) is 10.7. The molecule has 0 aliphatic heterocycles. The van der Waals surface area contributed by atoms with Crippen molar-refractivity contribution in [2.75, 3.05) is 0 Å². The molecule has 0 amide bonds. The zero-order valence-corrected chi connectivity index (χ0v) is 31.8. The second-order valence-corrected chi connectivity index (χ2v) is 19.9. The summed E-state index contributed by atoms with van der Waals surface area (Å²) in [6, 6.07) is 81.5. The van der Waals surface area contributed by atoms with Crippen LogP contribution in [0.2, 0.25) is 0 Å². The SMILES string of the molecule is [Br-].c1ccc([P+](Cc2ccc3cc(C[P+](c4ccccc4)(c4ccccc4)c4ccccc4)ccc3c2)(c2ccccc2)c2ccccc2)cc1. The highest BCUT2D eigenvalue weighted by atomic mass is 79.9. The first-order chi connectivity index (χ1) is 24.8. The predicted molar refractivity (Wildman–Crippen MR) is 222 cm³/mol. The maximum Gasteiger partial charge on any atom is 0.116 e. The predicted octanol–water partition coefficient (Wildman–Crippen LogP) is 6.83. The first-order valence-electron chi connectivity index (χ1n) is 17.4. The summed E-state index contributed by atoms with van der Waals surface area (Å²) in [7, 11) is -3.98. The largest absolute Gasteiger partial charge is 1.00 e. The maximum absolute atomic E-state index is 2.44. The van der Waals surface area contributed by atoms with Gasteiger partial charge in [0.05, 0.1) is 12.3 Å². The van der Waals surface area contributed by atoms with Crippen LogP contribution in [-0.4, -0.2) is 0 Å². The van der Waals surface area contributed by atoms with Gasteiger partial charge in [0, 0.05) is 0 Å². The van der Waals surface area contributed by atoms with Gasteiger partial charge in [-0.2, -0.15) is 0 Å². The Bertz CT molecular complexity index is 1930. The standard InChI is InChI=1S/C48H40P2.BrH/c1-7-19-43(20-8-1)49(44-21-9-2-10-22-44,45-23-11-3-12-24-45)37-39-31-33-42-36-40(32-34-41(42)35-39)38-50(46-25-13-4-14-26-46,47-27-15-5-16-28-47)48-29-17-6-18-30-48;/h1-36H,37-38H2;1H/q+2;/p-1. The van der Waals surface area contributed by atoms with Gasteiger partial charge in [-0.3, -0.25) is 0 Å². The highest BCUT2D eigenvalue weighted by Gasteiger charge is 2.46. The molecule has 0 radical (unpaired) electrons. The molecule has 0 heterocycles. The van der Waals surface area contributed by atoms with E-state index in [1.165, 1.54) is 53.7 Å². The molecule has 0 spiro atoms. The number of hydrogen-bond acceptors (Lipinski definition) is 0. The van der Waals surface area contributed by atoms with Crippen molar-refractivity contribution in [3.05, 3.63) is 230 Å². The Balaban J connectivity index is 0.00000406. The fraction of sp³-hybridized carbons (Fsp3) is 0.0417. The second-order valence-electron chi connectivity index (χ2n) is 13.0. The Labute approximate surface area is 314 Å². The van der Waals surface area contributed by atoms with Crippen LogP contribution in [0.15, 0.2) is 218 Å². The van der Waals surface area contributed by atoms with Crippen molar-refractivity contribution in [1.82, 2.24) is 0 Å². The molecule has 0 aliphatic rings. The van der Waals surface area contributed by atoms with Crippen molar-refractivity contribution < 1.29 is 17.0 Å². The fourth-order valence-electron chi connectivity index (χ4n) is 7.63. The van der Waals surface area contributed by atoms with Crippen molar-refractivity contribution >= 4 is 57.1 Å². The van der Waals surface area contributed by atoms with Gasteiger partial charge in [0.1, 0.15) is 46.4 Å². The number of hydrogen-bond donors (Lipinski definition) is 0. The van der Waals surface area contributed by atoms with Crippen LogP contribution in [-0.2, 0) is 12.3 Å². The third kappa shape index (κ3) is 6.88. The van der Waals surface area contributed by atoms with Crippen LogP contribution in [0.4, 0.5) is 0 Å². The summed E-state index contributed by atoms with van der Waals surface area (Å²) in [5.74, 6) is 0. The van der Waals surface area contributed by atoms with Gasteiger partial charge in [0.15, 0.2) is 0 Å². The van der Waals surface area contributed by atoms with Gasteiger partial charge in [0.2, 0.25) is 0 Å². The lowest BCUT2D eigenvalue weighted by Crippen LogP contribution is -3.00. The van der Waals surface area contributed by atoms with Crippen molar-refractivity contribution in [2.45, 2.75) is 12.3 Å².